The van der Waals surface area contributed by atoms with Crippen LogP contribution in [0.1, 0.15) is 5.56 Å². The Bertz CT molecular complexity index is 379. The third-order valence-electron chi connectivity index (χ3n) is 2.39. The van der Waals surface area contributed by atoms with Crippen molar-refractivity contribution >= 4 is 5.91 Å². The maximum Gasteiger partial charge on any atom is 0.224 e. The van der Waals surface area contributed by atoms with Crippen molar-refractivity contribution in [3.8, 4) is 0 Å². The summed E-state index contributed by atoms with van der Waals surface area (Å²) in [6.07, 6.45) is -0.397. The Morgan fingerprint density at radius 3 is 2.56 bits per heavy atom. The molecule has 0 fully saturated rings. The van der Waals surface area contributed by atoms with E-state index in [1.54, 1.807) is 12.1 Å². The molecule has 1 unspecified atom stereocenters. The summed E-state index contributed by atoms with van der Waals surface area (Å²) in [4.78, 5) is 13.4. The summed E-state index contributed by atoms with van der Waals surface area (Å²) in [6.45, 7) is 0.717. The van der Waals surface area contributed by atoms with E-state index in [1.807, 2.05) is 19.0 Å². The maximum absolute atomic E-state index is 12.7. The van der Waals surface area contributed by atoms with Crippen molar-refractivity contribution in [3.05, 3.63) is 35.6 Å². The van der Waals surface area contributed by atoms with Crippen LogP contribution in [0.15, 0.2) is 24.3 Å². The highest BCUT2D eigenvalue weighted by Crippen LogP contribution is 2.03. The van der Waals surface area contributed by atoms with Crippen LogP contribution in [0.3, 0.4) is 0 Å². The molecule has 4 nitrogen and oxygen atoms in total. The number of aliphatic hydroxyl groups excluding tert-OH is 1. The molecule has 0 aliphatic carbocycles. The second-order valence-electron chi connectivity index (χ2n) is 4.52. The highest BCUT2D eigenvalue weighted by Gasteiger charge is 2.08. The van der Waals surface area contributed by atoms with Crippen molar-refractivity contribution in [2.75, 3.05) is 27.2 Å². The lowest BCUT2D eigenvalue weighted by atomic mass is 10.1. The van der Waals surface area contributed by atoms with E-state index >= 15 is 0 Å². The van der Waals surface area contributed by atoms with E-state index in [9.17, 15) is 14.3 Å². The fourth-order valence-electron chi connectivity index (χ4n) is 1.57. The van der Waals surface area contributed by atoms with Crippen LogP contribution in [0.4, 0.5) is 4.39 Å². The minimum Gasteiger partial charge on any atom is -0.390 e. The van der Waals surface area contributed by atoms with Crippen molar-refractivity contribution in [1.82, 2.24) is 10.2 Å². The van der Waals surface area contributed by atoms with Gasteiger partial charge in [-0.3, -0.25) is 4.79 Å². The standard InChI is InChI=1S/C13H19FN2O2/c1-16(2)9-12(17)8-15-13(18)7-10-3-5-11(14)6-4-10/h3-6,12,17H,7-9H2,1-2H3,(H,15,18). The zero-order chi connectivity index (χ0) is 13.5. The number of carbonyl (C=O) groups excluding carboxylic acids is 1. The minimum atomic E-state index is -0.586. The Morgan fingerprint density at radius 1 is 1.39 bits per heavy atom. The lowest BCUT2D eigenvalue weighted by Crippen LogP contribution is -2.38. The van der Waals surface area contributed by atoms with Gasteiger partial charge in [0.05, 0.1) is 12.5 Å². The van der Waals surface area contributed by atoms with E-state index in [0.29, 0.717) is 6.54 Å². The number of nitrogens with zero attached hydrogens (tertiary/aromatic N) is 1. The maximum atomic E-state index is 12.7. The number of carbonyl (C=O) groups is 1. The first kappa shape index (κ1) is 14.6. The highest BCUT2D eigenvalue weighted by atomic mass is 19.1. The molecule has 1 aromatic carbocycles. The lowest BCUT2D eigenvalue weighted by molar-refractivity contribution is -0.120. The predicted molar refractivity (Wildman–Crippen MR) is 67.7 cm³/mol. The van der Waals surface area contributed by atoms with Gasteiger partial charge in [0.2, 0.25) is 5.91 Å². The third-order valence-corrected chi connectivity index (χ3v) is 2.39. The summed E-state index contributed by atoms with van der Waals surface area (Å²) in [7, 11) is 3.70. The molecule has 100 valence electrons. The van der Waals surface area contributed by atoms with Crippen LogP contribution in [-0.4, -0.2) is 49.2 Å². The van der Waals surface area contributed by atoms with Gasteiger partial charge in [0, 0.05) is 13.1 Å². The molecule has 1 atom stereocenters. The Morgan fingerprint density at radius 2 is 2.00 bits per heavy atom. The molecule has 0 bridgehead atoms. The zero-order valence-corrected chi connectivity index (χ0v) is 10.7. The molecular formula is C13H19FN2O2. The number of hydrogen-bond acceptors (Lipinski definition) is 3. The Balaban J connectivity index is 2.31. The molecule has 1 rings (SSSR count). The minimum absolute atomic E-state index is 0.181. The summed E-state index contributed by atoms with van der Waals surface area (Å²) < 4.78 is 12.7. The smallest absolute Gasteiger partial charge is 0.224 e. The van der Waals surface area contributed by atoms with Crippen molar-refractivity contribution in [3.63, 3.8) is 0 Å². The summed E-state index contributed by atoms with van der Waals surface area (Å²) in [5, 5.41) is 12.2. The van der Waals surface area contributed by atoms with Crippen molar-refractivity contribution in [2.24, 2.45) is 0 Å². The fourth-order valence-corrected chi connectivity index (χ4v) is 1.57. The number of hydrogen-bond donors (Lipinski definition) is 2. The van der Waals surface area contributed by atoms with Crippen LogP contribution in [0.5, 0.6) is 0 Å². The Hall–Kier alpha value is -1.46. The largest absolute Gasteiger partial charge is 0.390 e. The van der Waals surface area contributed by atoms with Gasteiger partial charge in [-0.15, -0.1) is 0 Å². The van der Waals surface area contributed by atoms with E-state index < -0.39 is 6.10 Å². The predicted octanol–water partition coefficient (Wildman–Crippen LogP) is 0.407. The molecule has 5 heteroatoms. The van der Waals surface area contributed by atoms with Gasteiger partial charge in [0.15, 0.2) is 0 Å². The van der Waals surface area contributed by atoms with Gasteiger partial charge in [-0.1, -0.05) is 12.1 Å². The molecule has 0 saturated heterocycles. The third kappa shape index (κ3) is 5.75. The lowest BCUT2D eigenvalue weighted by Gasteiger charge is -2.16. The average Bonchev–Trinajstić information content (AvgIpc) is 2.29. The normalized spacial score (nSPS) is 12.5. The average molecular weight is 254 g/mol. The number of nitrogens with one attached hydrogen (secondary N) is 1. The Labute approximate surface area is 106 Å². The van der Waals surface area contributed by atoms with Gasteiger partial charge in [0.25, 0.3) is 0 Å². The molecule has 0 aliphatic rings. The van der Waals surface area contributed by atoms with Gasteiger partial charge in [-0.2, -0.15) is 0 Å². The van der Waals surface area contributed by atoms with Crippen LogP contribution in [0.2, 0.25) is 0 Å². The molecule has 2 N–H and O–H groups in total. The molecule has 1 amide bonds. The SMILES string of the molecule is CN(C)CC(O)CNC(=O)Cc1ccc(F)cc1. The summed E-state index contributed by atoms with van der Waals surface area (Å²) in [5.74, 6) is -0.500. The second kappa shape index (κ2) is 7.08. The first-order valence-electron chi connectivity index (χ1n) is 5.81. The summed E-state index contributed by atoms with van der Waals surface area (Å²) >= 11 is 0. The van der Waals surface area contributed by atoms with Crippen molar-refractivity contribution in [1.29, 1.82) is 0 Å². The molecule has 0 heterocycles. The molecule has 0 aliphatic heterocycles. The van der Waals surface area contributed by atoms with Gasteiger partial charge in [-0.05, 0) is 31.8 Å². The monoisotopic (exact) mass is 254 g/mol. The summed E-state index contributed by atoms with van der Waals surface area (Å²) in [5.41, 5.74) is 0.746. The van der Waals surface area contributed by atoms with Crippen LogP contribution in [0.25, 0.3) is 0 Å². The van der Waals surface area contributed by atoms with E-state index in [1.165, 1.54) is 12.1 Å². The molecule has 18 heavy (non-hydrogen) atoms. The number of rotatable bonds is 6. The molecule has 0 aromatic heterocycles. The van der Waals surface area contributed by atoms with Gasteiger partial charge < -0.3 is 15.3 Å². The molecule has 0 radical (unpaired) electrons. The van der Waals surface area contributed by atoms with E-state index in [0.717, 1.165) is 5.56 Å². The van der Waals surface area contributed by atoms with Crippen molar-refractivity contribution in [2.45, 2.75) is 12.5 Å². The van der Waals surface area contributed by atoms with Gasteiger partial charge in [-0.25, -0.2) is 4.39 Å². The van der Waals surface area contributed by atoms with Crippen LogP contribution < -0.4 is 5.32 Å². The van der Waals surface area contributed by atoms with E-state index in [4.69, 9.17) is 0 Å². The van der Waals surface area contributed by atoms with Crippen LogP contribution in [0, 0.1) is 5.82 Å². The first-order chi connectivity index (χ1) is 8.47. The van der Waals surface area contributed by atoms with Gasteiger partial charge >= 0.3 is 0 Å². The number of likely N-dealkylation sites (N-methyl/N-ethyl adjacent to an activating group) is 1. The molecule has 0 spiro atoms. The first-order valence-corrected chi connectivity index (χ1v) is 5.81. The summed E-state index contributed by atoms with van der Waals surface area (Å²) in [6, 6.07) is 5.79. The van der Waals surface area contributed by atoms with Crippen LogP contribution in [-0.2, 0) is 11.2 Å². The molecular weight excluding hydrogens is 235 g/mol. The van der Waals surface area contributed by atoms with E-state index in [2.05, 4.69) is 5.32 Å². The van der Waals surface area contributed by atoms with Crippen LogP contribution >= 0.6 is 0 Å². The second-order valence-corrected chi connectivity index (χ2v) is 4.52. The fraction of sp³-hybridized carbons (Fsp3) is 0.462. The number of halogens is 1. The zero-order valence-electron chi connectivity index (χ0n) is 10.7. The molecule has 1 aromatic rings. The van der Waals surface area contributed by atoms with Crippen molar-refractivity contribution < 1.29 is 14.3 Å². The number of amides is 1. The Kier molecular flexibility index (Phi) is 5.74. The number of benzene rings is 1. The topological polar surface area (TPSA) is 52.6 Å². The number of aliphatic hydroxyl groups is 1. The van der Waals surface area contributed by atoms with E-state index in [-0.39, 0.29) is 24.7 Å². The quantitative estimate of drug-likeness (QED) is 0.773. The molecule has 0 saturated carbocycles. The highest BCUT2D eigenvalue weighted by molar-refractivity contribution is 5.78. The van der Waals surface area contributed by atoms with Gasteiger partial charge in [0.1, 0.15) is 5.82 Å².